The number of hydrogen-bond donors (Lipinski definition) is 1. The second-order valence-electron chi connectivity index (χ2n) is 6.20. The van der Waals surface area contributed by atoms with Crippen molar-refractivity contribution < 1.29 is 4.79 Å². The van der Waals surface area contributed by atoms with Gasteiger partial charge in [0, 0.05) is 36.9 Å². The third-order valence-electron chi connectivity index (χ3n) is 4.76. The molecule has 1 atom stereocenters. The van der Waals surface area contributed by atoms with E-state index in [1.807, 2.05) is 25.8 Å². The van der Waals surface area contributed by atoms with Crippen molar-refractivity contribution in [3.8, 4) is 0 Å². The average Bonchev–Trinajstić information content (AvgIpc) is 3.03. The Morgan fingerprint density at radius 1 is 1.42 bits per heavy atom. The lowest BCUT2D eigenvalue weighted by Gasteiger charge is -2.32. The van der Waals surface area contributed by atoms with E-state index in [1.54, 1.807) is 4.52 Å². The molecule has 3 heterocycles. The monoisotopic (exact) mass is 352 g/mol. The van der Waals surface area contributed by atoms with Gasteiger partial charge in [-0.2, -0.15) is 10.1 Å². The second kappa shape index (κ2) is 7.90. The van der Waals surface area contributed by atoms with E-state index in [0.717, 1.165) is 42.9 Å². The summed E-state index contributed by atoms with van der Waals surface area (Å²) in [6.45, 7) is 5.66. The zero-order valence-electron chi connectivity index (χ0n) is 14.4. The summed E-state index contributed by atoms with van der Waals surface area (Å²) in [6, 6.07) is 0.421. The normalized spacial score (nSPS) is 17.8. The topological polar surface area (TPSA) is 75.4 Å². The van der Waals surface area contributed by atoms with E-state index in [4.69, 9.17) is 0 Å². The number of nitrogens with zero attached hydrogens (tertiary/aromatic N) is 5. The van der Waals surface area contributed by atoms with Gasteiger partial charge in [-0.1, -0.05) is 0 Å². The van der Waals surface area contributed by atoms with E-state index in [0.29, 0.717) is 24.7 Å². The molecule has 0 spiro atoms. The lowest BCUT2D eigenvalue weighted by molar-refractivity contribution is -0.132. The maximum atomic E-state index is 12.5. The first-order chi connectivity index (χ1) is 11.1. The van der Waals surface area contributed by atoms with Crippen LogP contribution < -0.4 is 5.32 Å². The molecule has 0 radical (unpaired) electrons. The summed E-state index contributed by atoms with van der Waals surface area (Å²) >= 11 is 0. The number of fused-ring (bicyclic) bond motifs is 1. The van der Waals surface area contributed by atoms with Crippen LogP contribution in [-0.2, 0) is 11.2 Å². The molecule has 0 bridgehead atoms. The lowest BCUT2D eigenvalue weighted by atomic mass is 10.0. The lowest BCUT2D eigenvalue weighted by Crippen LogP contribution is -2.47. The van der Waals surface area contributed by atoms with Crippen molar-refractivity contribution in [2.75, 3.05) is 20.1 Å². The van der Waals surface area contributed by atoms with E-state index in [1.165, 1.54) is 6.33 Å². The van der Waals surface area contributed by atoms with Crippen molar-refractivity contribution in [3.63, 3.8) is 0 Å². The van der Waals surface area contributed by atoms with Gasteiger partial charge in [0.15, 0.2) is 0 Å². The van der Waals surface area contributed by atoms with E-state index in [2.05, 4.69) is 20.4 Å². The van der Waals surface area contributed by atoms with Gasteiger partial charge in [-0.3, -0.25) is 4.79 Å². The fourth-order valence-corrected chi connectivity index (χ4v) is 3.35. The maximum Gasteiger partial charge on any atom is 0.252 e. The van der Waals surface area contributed by atoms with E-state index in [-0.39, 0.29) is 18.3 Å². The Morgan fingerprint density at radius 3 is 2.96 bits per heavy atom. The summed E-state index contributed by atoms with van der Waals surface area (Å²) in [7, 11) is 1.96. The van der Waals surface area contributed by atoms with Crippen molar-refractivity contribution in [1.29, 1.82) is 0 Å². The Hall–Kier alpha value is -1.73. The van der Waals surface area contributed by atoms with Crippen LogP contribution in [0.4, 0.5) is 0 Å². The first-order valence-electron chi connectivity index (χ1n) is 8.21. The molecule has 2 aromatic rings. The zero-order chi connectivity index (χ0) is 16.4. The van der Waals surface area contributed by atoms with Crippen LogP contribution in [0.2, 0.25) is 0 Å². The SMILES string of the molecule is CNC1CCCN(C(=O)CCc2c(C)nc3ncnn3c2C)C1.Cl. The molecule has 0 aromatic carbocycles. The predicted octanol–water partition coefficient (Wildman–Crippen LogP) is 1.31. The Kier molecular flexibility index (Phi) is 6.12. The summed E-state index contributed by atoms with van der Waals surface area (Å²) < 4.78 is 1.74. The average molecular weight is 353 g/mol. The summed E-state index contributed by atoms with van der Waals surface area (Å²) in [5.74, 6) is 0.838. The number of likely N-dealkylation sites (N-methyl/N-ethyl adjacent to an activating group) is 1. The van der Waals surface area contributed by atoms with E-state index >= 15 is 0 Å². The highest BCUT2D eigenvalue weighted by atomic mass is 35.5. The molecule has 7 nitrogen and oxygen atoms in total. The molecule has 24 heavy (non-hydrogen) atoms. The largest absolute Gasteiger partial charge is 0.341 e. The van der Waals surface area contributed by atoms with Crippen LogP contribution in [0.25, 0.3) is 5.78 Å². The highest BCUT2D eigenvalue weighted by Gasteiger charge is 2.22. The van der Waals surface area contributed by atoms with Crippen LogP contribution in [0.1, 0.15) is 36.2 Å². The molecule has 1 aliphatic heterocycles. The third-order valence-corrected chi connectivity index (χ3v) is 4.76. The number of aromatic nitrogens is 4. The molecule has 2 aromatic heterocycles. The molecular weight excluding hydrogens is 328 g/mol. The molecule has 132 valence electrons. The zero-order valence-corrected chi connectivity index (χ0v) is 15.3. The van der Waals surface area contributed by atoms with Crippen LogP contribution in [0, 0.1) is 13.8 Å². The van der Waals surface area contributed by atoms with Crippen LogP contribution in [0.15, 0.2) is 6.33 Å². The molecular formula is C16H25ClN6O. The predicted molar refractivity (Wildman–Crippen MR) is 94.5 cm³/mol. The molecule has 1 amide bonds. The van der Waals surface area contributed by atoms with E-state index < -0.39 is 0 Å². The van der Waals surface area contributed by atoms with Crippen molar-refractivity contribution in [1.82, 2.24) is 29.8 Å². The molecule has 1 fully saturated rings. The Labute approximate surface area is 148 Å². The van der Waals surface area contributed by atoms with Crippen LogP contribution in [0.3, 0.4) is 0 Å². The van der Waals surface area contributed by atoms with Gasteiger partial charge in [0.2, 0.25) is 5.91 Å². The quantitative estimate of drug-likeness (QED) is 0.897. The molecule has 0 aliphatic carbocycles. The molecule has 1 saturated heterocycles. The van der Waals surface area contributed by atoms with Gasteiger partial charge in [-0.05, 0) is 45.7 Å². The summed E-state index contributed by atoms with van der Waals surface area (Å²) in [6.07, 6.45) is 4.93. The van der Waals surface area contributed by atoms with Crippen LogP contribution in [0.5, 0.6) is 0 Å². The third kappa shape index (κ3) is 3.67. The minimum atomic E-state index is 0. The highest BCUT2D eigenvalue weighted by molar-refractivity contribution is 5.85. The van der Waals surface area contributed by atoms with Crippen molar-refractivity contribution in [2.45, 2.75) is 45.6 Å². The standard InChI is InChI=1S/C16H24N6O.ClH/c1-11-14(12(2)22-16(20-11)18-10-19-22)6-7-15(23)21-8-4-5-13(9-21)17-3;/h10,13,17H,4-9H2,1-3H3;1H. The number of piperidine rings is 1. The summed E-state index contributed by atoms with van der Waals surface area (Å²) in [5.41, 5.74) is 3.05. The number of rotatable bonds is 4. The van der Waals surface area contributed by atoms with Crippen molar-refractivity contribution in [3.05, 3.63) is 23.3 Å². The number of hydrogen-bond acceptors (Lipinski definition) is 5. The van der Waals surface area contributed by atoms with Crippen LogP contribution in [-0.4, -0.2) is 56.6 Å². The smallest absolute Gasteiger partial charge is 0.252 e. The number of aryl methyl sites for hydroxylation is 2. The summed E-state index contributed by atoms with van der Waals surface area (Å²) in [4.78, 5) is 23.1. The number of carbonyl (C=O) groups excluding carboxylic acids is 1. The van der Waals surface area contributed by atoms with Crippen molar-refractivity contribution >= 4 is 24.1 Å². The van der Waals surface area contributed by atoms with Gasteiger partial charge < -0.3 is 10.2 Å². The molecule has 8 heteroatoms. The minimum absolute atomic E-state index is 0. The Bertz CT molecular complexity index is 716. The fraction of sp³-hybridized carbons (Fsp3) is 0.625. The van der Waals surface area contributed by atoms with Gasteiger partial charge in [0.05, 0.1) is 0 Å². The van der Waals surface area contributed by atoms with Gasteiger partial charge >= 0.3 is 0 Å². The number of amides is 1. The Morgan fingerprint density at radius 2 is 2.21 bits per heavy atom. The minimum Gasteiger partial charge on any atom is -0.341 e. The molecule has 1 N–H and O–H groups in total. The van der Waals surface area contributed by atoms with E-state index in [9.17, 15) is 4.79 Å². The highest BCUT2D eigenvalue weighted by Crippen LogP contribution is 2.17. The van der Waals surface area contributed by atoms with Gasteiger partial charge in [0.1, 0.15) is 6.33 Å². The molecule has 3 rings (SSSR count). The Balaban J connectivity index is 0.00000208. The number of carbonyl (C=O) groups is 1. The van der Waals surface area contributed by atoms with Gasteiger partial charge in [0.25, 0.3) is 5.78 Å². The fourth-order valence-electron chi connectivity index (χ4n) is 3.35. The molecule has 0 saturated carbocycles. The first kappa shape index (κ1) is 18.6. The van der Waals surface area contributed by atoms with Gasteiger partial charge in [-0.15, -0.1) is 12.4 Å². The van der Waals surface area contributed by atoms with Crippen LogP contribution >= 0.6 is 12.4 Å². The molecule has 1 aliphatic rings. The number of halogens is 1. The number of nitrogens with one attached hydrogen (secondary N) is 1. The van der Waals surface area contributed by atoms with Gasteiger partial charge in [-0.25, -0.2) is 9.50 Å². The van der Waals surface area contributed by atoms with Crippen molar-refractivity contribution in [2.24, 2.45) is 0 Å². The second-order valence-corrected chi connectivity index (χ2v) is 6.20. The summed E-state index contributed by atoms with van der Waals surface area (Å²) in [5, 5.41) is 7.47. The number of likely N-dealkylation sites (tertiary alicyclic amines) is 1. The maximum absolute atomic E-state index is 12.5. The molecule has 1 unspecified atom stereocenters. The first-order valence-corrected chi connectivity index (χ1v) is 8.21.